The van der Waals surface area contributed by atoms with Crippen LogP contribution in [0, 0.1) is 13.8 Å². The minimum absolute atomic E-state index is 0.281. The number of amides is 1. The van der Waals surface area contributed by atoms with Gasteiger partial charge in [0.15, 0.2) is 11.5 Å². The van der Waals surface area contributed by atoms with Crippen molar-refractivity contribution in [1.29, 1.82) is 0 Å². The summed E-state index contributed by atoms with van der Waals surface area (Å²) in [6.07, 6.45) is 4.27. The van der Waals surface area contributed by atoms with Crippen molar-refractivity contribution in [2.24, 2.45) is 0 Å². The van der Waals surface area contributed by atoms with Crippen LogP contribution in [0.4, 0.5) is 5.69 Å². The summed E-state index contributed by atoms with van der Waals surface area (Å²) in [5.74, 6) is 0.305. The third kappa shape index (κ3) is 3.33. The molecule has 0 atom stereocenters. The topological polar surface area (TPSA) is 123 Å². The van der Waals surface area contributed by atoms with E-state index in [-0.39, 0.29) is 11.5 Å². The number of benzene rings is 1. The normalized spacial score (nSPS) is 11.1. The molecular weight excluding hydrogens is 408 g/mol. The van der Waals surface area contributed by atoms with Crippen LogP contribution in [-0.2, 0) is 0 Å². The number of carbonyl (C=O) groups is 1. The zero-order valence-electron chi connectivity index (χ0n) is 17.3. The predicted octanol–water partition coefficient (Wildman–Crippen LogP) is 2.56. The van der Waals surface area contributed by atoms with Crippen LogP contribution in [0.25, 0.3) is 22.5 Å². The summed E-state index contributed by atoms with van der Waals surface area (Å²) in [4.78, 5) is 36.0. The molecule has 0 bridgehead atoms. The molecule has 0 radical (unpaired) electrons. The lowest BCUT2D eigenvalue weighted by molar-refractivity contribution is 0.102. The first-order valence-corrected chi connectivity index (χ1v) is 9.83. The van der Waals surface area contributed by atoms with Gasteiger partial charge in [-0.15, -0.1) is 0 Å². The molecule has 0 saturated carbocycles. The number of aromatic amines is 1. The van der Waals surface area contributed by atoms with Crippen molar-refractivity contribution in [2.75, 3.05) is 5.32 Å². The fourth-order valence-electron chi connectivity index (χ4n) is 3.50. The highest BCUT2D eigenvalue weighted by Gasteiger charge is 2.15. The summed E-state index contributed by atoms with van der Waals surface area (Å²) >= 11 is 0. The molecule has 158 valence electrons. The van der Waals surface area contributed by atoms with Crippen LogP contribution in [0.2, 0.25) is 0 Å². The number of nitrogens with zero attached hydrogens (tertiary/aromatic N) is 6. The number of fused-ring (bicyclic) bond motifs is 1. The van der Waals surface area contributed by atoms with Crippen molar-refractivity contribution in [3.63, 3.8) is 0 Å². The van der Waals surface area contributed by atoms with Crippen LogP contribution in [-0.4, -0.2) is 40.4 Å². The monoisotopic (exact) mass is 426 g/mol. The lowest BCUT2D eigenvalue weighted by atomic mass is 10.2. The first kappa shape index (κ1) is 19.4. The molecule has 2 N–H and O–H groups in total. The van der Waals surface area contributed by atoms with Crippen molar-refractivity contribution in [2.45, 2.75) is 13.8 Å². The fraction of sp³-hybridized carbons (Fsp3) is 0.0909. The van der Waals surface area contributed by atoms with Gasteiger partial charge in [0, 0.05) is 11.9 Å². The largest absolute Gasteiger partial charge is 0.320 e. The van der Waals surface area contributed by atoms with Crippen molar-refractivity contribution < 1.29 is 4.79 Å². The highest BCUT2D eigenvalue weighted by atomic mass is 16.1. The van der Waals surface area contributed by atoms with E-state index >= 15 is 0 Å². The van der Waals surface area contributed by atoms with E-state index in [0.717, 1.165) is 11.4 Å². The van der Waals surface area contributed by atoms with Crippen LogP contribution in [0.15, 0.2) is 66.0 Å². The fourth-order valence-corrected chi connectivity index (χ4v) is 3.50. The third-order valence-electron chi connectivity index (χ3n) is 4.99. The number of carbonyl (C=O) groups excluding carboxylic acids is 1. The van der Waals surface area contributed by atoms with Gasteiger partial charge in [-0.05, 0) is 44.2 Å². The summed E-state index contributed by atoms with van der Waals surface area (Å²) in [6, 6.07) is 12.6. The van der Waals surface area contributed by atoms with Crippen LogP contribution in [0.5, 0.6) is 0 Å². The predicted molar refractivity (Wildman–Crippen MR) is 118 cm³/mol. The second-order valence-corrected chi connectivity index (χ2v) is 7.24. The van der Waals surface area contributed by atoms with Gasteiger partial charge in [0.1, 0.15) is 5.39 Å². The quantitative estimate of drug-likeness (QED) is 0.455. The molecule has 1 aromatic carbocycles. The van der Waals surface area contributed by atoms with Gasteiger partial charge < -0.3 is 10.3 Å². The molecule has 5 aromatic rings. The molecule has 32 heavy (non-hydrogen) atoms. The van der Waals surface area contributed by atoms with Crippen LogP contribution in [0.1, 0.15) is 21.7 Å². The van der Waals surface area contributed by atoms with Gasteiger partial charge >= 0.3 is 0 Å². The Hall–Kier alpha value is -4.60. The second kappa shape index (κ2) is 7.58. The lowest BCUT2D eigenvalue weighted by Gasteiger charge is -2.12. The van der Waals surface area contributed by atoms with E-state index in [4.69, 9.17) is 0 Å². The van der Waals surface area contributed by atoms with Crippen LogP contribution >= 0.6 is 0 Å². The van der Waals surface area contributed by atoms with E-state index in [1.54, 1.807) is 35.0 Å². The Morgan fingerprint density at radius 1 is 1.03 bits per heavy atom. The molecule has 0 unspecified atom stereocenters. The number of para-hydroxylation sites is 2. The van der Waals surface area contributed by atoms with E-state index in [1.807, 2.05) is 26.0 Å². The first-order chi connectivity index (χ1) is 15.5. The number of anilines is 1. The SMILES string of the molecule is Cc1cc(C)n(-c2ccc(C(=O)Nc3ccccc3-n3ncc4c(=O)[nH]cnc43)cn2)n1. The molecule has 0 aliphatic carbocycles. The standard InChI is InChI=1S/C22H18N8O2/c1-13-9-14(2)29(28-13)19-8-7-15(10-23-19)21(31)27-17-5-3-4-6-18(17)30-20-16(11-26-30)22(32)25-12-24-20/h3-12H,1-2H3,(H,27,31)(H,24,25,32). The summed E-state index contributed by atoms with van der Waals surface area (Å²) in [5.41, 5.74) is 3.46. The molecule has 0 fully saturated rings. The number of hydrogen-bond donors (Lipinski definition) is 2. The molecule has 5 rings (SSSR count). The molecule has 0 aliphatic heterocycles. The number of aromatic nitrogens is 7. The van der Waals surface area contributed by atoms with Crippen molar-refractivity contribution in [1.82, 2.24) is 34.5 Å². The Balaban J connectivity index is 1.45. The minimum atomic E-state index is -0.327. The average molecular weight is 426 g/mol. The molecule has 0 spiro atoms. The van der Waals surface area contributed by atoms with Crippen molar-refractivity contribution >= 4 is 22.6 Å². The molecule has 0 saturated heterocycles. The van der Waals surface area contributed by atoms with E-state index in [2.05, 4.69) is 30.5 Å². The smallest absolute Gasteiger partial charge is 0.261 e. The summed E-state index contributed by atoms with van der Waals surface area (Å²) in [7, 11) is 0. The summed E-state index contributed by atoms with van der Waals surface area (Å²) < 4.78 is 3.24. The molecule has 10 nitrogen and oxygen atoms in total. The Labute approximate surface area is 181 Å². The van der Waals surface area contributed by atoms with Gasteiger partial charge in [-0.25, -0.2) is 19.3 Å². The minimum Gasteiger partial charge on any atom is -0.320 e. The van der Waals surface area contributed by atoms with Gasteiger partial charge in [-0.2, -0.15) is 10.2 Å². The van der Waals surface area contributed by atoms with Crippen LogP contribution in [0.3, 0.4) is 0 Å². The Bertz CT molecular complexity index is 1510. The van der Waals surface area contributed by atoms with Gasteiger partial charge in [0.25, 0.3) is 11.5 Å². The van der Waals surface area contributed by atoms with Crippen molar-refractivity contribution in [3.8, 4) is 11.5 Å². The van der Waals surface area contributed by atoms with Gasteiger partial charge in [0.05, 0.1) is 35.2 Å². The molecule has 10 heteroatoms. The molecule has 4 aromatic heterocycles. The average Bonchev–Trinajstić information content (AvgIpc) is 3.38. The Kier molecular flexibility index (Phi) is 4.59. The number of hydrogen-bond acceptors (Lipinski definition) is 6. The molecule has 4 heterocycles. The number of nitrogens with one attached hydrogen (secondary N) is 2. The Morgan fingerprint density at radius 2 is 1.88 bits per heavy atom. The maximum absolute atomic E-state index is 12.9. The second-order valence-electron chi connectivity index (χ2n) is 7.24. The highest BCUT2D eigenvalue weighted by molar-refractivity contribution is 6.05. The molecule has 1 amide bonds. The lowest BCUT2D eigenvalue weighted by Crippen LogP contribution is -2.15. The number of aryl methyl sites for hydroxylation is 2. The number of rotatable bonds is 4. The van der Waals surface area contributed by atoms with Gasteiger partial charge in [0.2, 0.25) is 0 Å². The number of H-pyrrole nitrogens is 1. The van der Waals surface area contributed by atoms with Gasteiger partial charge in [-0.3, -0.25) is 9.59 Å². The molecule has 0 aliphatic rings. The zero-order valence-corrected chi connectivity index (χ0v) is 17.3. The van der Waals surface area contributed by atoms with E-state index < -0.39 is 0 Å². The van der Waals surface area contributed by atoms with E-state index in [0.29, 0.717) is 33.8 Å². The zero-order chi connectivity index (χ0) is 22.2. The van der Waals surface area contributed by atoms with E-state index in [9.17, 15) is 9.59 Å². The maximum atomic E-state index is 12.9. The maximum Gasteiger partial charge on any atom is 0.261 e. The van der Waals surface area contributed by atoms with Crippen LogP contribution < -0.4 is 10.9 Å². The number of pyridine rings is 1. The van der Waals surface area contributed by atoms with Crippen molar-refractivity contribution in [3.05, 3.63) is 88.5 Å². The van der Waals surface area contributed by atoms with E-state index in [1.165, 1.54) is 23.4 Å². The summed E-state index contributed by atoms with van der Waals surface area (Å²) in [5, 5.41) is 11.9. The highest BCUT2D eigenvalue weighted by Crippen LogP contribution is 2.23. The first-order valence-electron chi connectivity index (χ1n) is 9.83. The third-order valence-corrected chi connectivity index (χ3v) is 4.99. The molecular formula is C22H18N8O2. The van der Waals surface area contributed by atoms with Gasteiger partial charge in [-0.1, -0.05) is 12.1 Å². The summed E-state index contributed by atoms with van der Waals surface area (Å²) in [6.45, 7) is 3.86. The Morgan fingerprint density at radius 3 is 2.62 bits per heavy atom.